The van der Waals surface area contributed by atoms with Crippen LogP contribution in [0, 0.1) is 0 Å². The van der Waals surface area contributed by atoms with E-state index in [1.54, 1.807) is 0 Å². The van der Waals surface area contributed by atoms with Gasteiger partial charge in [-0.3, -0.25) is 0 Å². The Morgan fingerprint density at radius 3 is 2.82 bits per heavy atom. The number of methoxy groups -OCH3 is 1. The number of carbonyl (C=O) groups is 1. The van der Waals surface area contributed by atoms with Gasteiger partial charge in [0.1, 0.15) is 0 Å². The first-order chi connectivity index (χ1) is 5.26. The molecule has 1 atom stereocenters. The average Bonchev–Trinajstić information content (AvgIpc) is 2.05. The van der Waals surface area contributed by atoms with Gasteiger partial charge in [-0.2, -0.15) is 0 Å². The fourth-order valence-electron chi connectivity index (χ4n) is 0.555. The minimum absolute atomic E-state index is 0.0281. The minimum atomic E-state index is -0.801. The van der Waals surface area contributed by atoms with E-state index < -0.39 is 12.0 Å². The molecule has 0 aromatic heterocycles. The maximum absolute atomic E-state index is 10.7. The summed E-state index contributed by atoms with van der Waals surface area (Å²) in [6.45, 7) is -0.374. The van der Waals surface area contributed by atoms with Crippen LogP contribution in [0.5, 0.6) is 0 Å². The molecule has 11 heavy (non-hydrogen) atoms. The number of esters is 1. The van der Waals surface area contributed by atoms with Crippen LogP contribution in [0.1, 0.15) is 0 Å². The van der Waals surface area contributed by atoms with E-state index in [2.05, 4.69) is 10.1 Å². The monoisotopic (exact) mass is 159 g/mol. The summed E-state index contributed by atoms with van der Waals surface area (Å²) in [5.41, 5.74) is 0. The predicted octanol–water partition coefficient (Wildman–Crippen LogP) is -1.88. The summed E-state index contributed by atoms with van der Waals surface area (Å²) in [7, 11) is 1.82. The van der Waals surface area contributed by atoms with E-state index in [0.717, 1.165) is 0 Å². The molecule has 0 heterocycles. The standard InChI is InChI=1S/C5H10BNO4/c1-11-5(9)4(2-8)7-3-6-10/h4,7-8H,2-3H2,1H3. The molecule has 0 aromatic rings. The van der Waals surface area contributed by atoms with E-state index in [4.69, 9.17) is 5.11 Å². The number of carbonyl (C=O) groups excluding carboxylic acids is 1. The second kappa shape index (κ2) is 6.00. The van der Waals surface area contributed by atoms with Gasteiger partial charge in [0.2, 0.25) is 0 Å². The Morgan fingerprint density at radius 2 is 2.45 bits per heavy atom. The summed E-state index contributed by atoms with van der Waals surface area (Å²) in [4.78, 5) is 10.7. The van der Waals surface area contributed by atoms with E-state index in [-0.39, 0.29) is 13.1 Å². The Balaban J connectivity index is 3.74. The van der Waals surface area contributed by atoms with Crippen LogP contribution >= 0.6 is 0 Å². The van der Waals surface area contributed by atoms with Crippen molar-refractivity contribution in [2.45, 2.75) is 6.04 Å². The van der Waals surface area contributed by atoms with Crippen LogP contribution in [0.4, 0.5) is 0 Å². The topological polar surface area (TPSA) is 75.6 Å². The molecule has 0 saturated carbocycles. The molecule has 62 valence electrons. The SMILES string of the molecule is COC(=O)C(CO)NCB=O. The Bertz CT molecular complexity index is 140. The van der Waals surface area contributed by atoms with Crippen molar-refractivity contribution in [1.29, 1.82) is 0 Å². The van der Waals surface area contributed by atoms with Crippen molar-refractivity contribution in [3.8, 4) is 0 Å². The van der Waals surface area contributed by atoms with Gasteiger partial charge in [-0.15, -0.1) is 0 Å². The quantitative estimate of drug-likeness (QED) is 0.362. The second-order valence-electron chi connectivity index (χ2n) is 1.83. The molecule has 0 radical (unpaired) electrons. The van der Waals surface area contributed by atoms with E-state index in [9.17, 15) is 9.50 Å². The second-order valence-corrected chi connectivity index (χ2v) is 1.83. The van der Waals surface area contributed by atoms with Crippen molar-refractivity contribution in [2.75, 3.05) is 20.2 Å². The fourth-order valence-corrected chi connectivity index (χ4v) is 0.555. The number of nitrogens with one attached hydrogen (secondary N) is 1. The molecule has 0 aliphatic heterocycles. The zero-order valence-corrected chi connectivity index (χ0v) is 6.24. The number of ether oxygens (including phenoxy) is 1. The molecule has 2 N–H and O–H groups in total. The van der Waals surface area contributed by atoms with Gasteiger partial charge < -0.3 is 0 Å². The first-order valence-corrected chi connectivity index (χ1v) is 3.12. The molecule has 0 rings (SSSR count). The molecule has 6 heteroatoms. The number of hydrogen-bond donors (Lipinski definition) is 2. The van der Waals surface area contributed by atoms with Crippen LogP contribution in [-0.4, -0.2) is 44.4 Å². The van der Waals surface area contributed by atoms with Crippen LogP contribution in [0.2, 0.25) is 0 Å². The van der Waals surface area contributed by atoms with Gasteiger partial charge in [0.15, 0.2) is 0 Å². The van der Waals surface area contributed by atoms with Crippen LogP contribution in [0.3, 0.4) is 0 Å². The molecule has 0 saturated heterocycles. The molecular weight excluding hydrogens is 149 g/mol. The van der Waals surface area contributed by atoms with Crippen molar-refractivity contribution < 1.29 is 19.3 Å². The third kappa shape index (κ3) is 3.85. The van der Waals surface area contributed by atoms with E-state index >= 15 is 0 Å². The summed E-state index contributed by atoms with van der Waals surface area (Å²) < 4.78 is 14.2. The zero-order valence-electron chi connectivity index (χ0n) is 6.24. The summed E-state index contributed by atoms with van der Waals surface area (Å²) in [6.07, 6.45) is 0.0281. The maximum atomic E-state index is 10.7. The normalized spacial score (nSPS) is 11.8. The molecule has 0 bridgehead atoms. The molecule has 0 aromatic carbocycles. The Hall–Kier alpha value is -0.745. The molecule has 5 nitrogen and oxygen atoms in total. The number of aliphatic hydroxyl groups is 1. The molecule has 1 unspecified atom stereocenters. The molecule has 0 fully saturated rings. The van der Waals surface area contributed by atoms with Gasteiger partial charge >= 0.3 is 64.0 Å². The summed E-state index contributed by atoms with van der Waals surface area (Å²) >= 11 is 0. The van der Waals surface area contributed by atoms with Crippen molar-refractivity contribution >= 4 is 13.1 Å². The first-order valence-electron chi connectivity index (χ1n) is 3.12. The number of rotatable bonds is 5. The van der Waals surface area contributed by atoms with Crippen LogP contribution in [-0.2, 0) is 14.2 Å². The third-order valence-corrected chi connectivity index (χ3v) is 1.12. The summed E-state index contributed by atoms with van der Waals surface area (Å²) in [5.74, 6) is -0.575. The number of hydrogen-bond acceptors (Lipinski definition) is 5. The predicted molar refractivity (Wildman–Crippen MR) is 37.3 cm³/mol. The van der Waals surface area contributed by atoms with Crippen LogP contribution in [0.15, 0.2) is 0 Å². The Kier molecular flexibility index (Phi) is 5.59. The molecule has 0 aliphatic carbocycles. The Morgan fingerprint density at radius 1 is 1.82 bits per heavy atom. The third-order valence-electron chi connectivity index (χ3n) is 1.12. The van der Waals surface area contributed by atoms with Gasteiger partial charge in [-0.05, 0) is 0 Å². The van der Waals surface area contributed by atoms with E-state index in [1.165, 1.54) is 7.11 Å². The van der Waals surface area contributed by atoms with Crippen molar-refractivity contribution in [3.63, 3.8) is 0 Å². The van der Waals surface area contributed by atoms with Gasteiger partial charge in [0.05, 0.1) is 0 Å². The average molecular weight is 159 g/mol. The van der Waals surface area contributed by atoms with Crippen LogP contribution in [0.25, 0.3) is 0 Å². The first kappa shape index (κ1) is 10.3. The van der Waals surface area contributed by atoms with Gasteiger partial charge in [0.25, 0.3) is 0 Å². The van der Waals surface area contributed by atoms with Gasteiger partial charge in [-0.25, -0.2) is 0 Å². The van der Waals surface area contributed by atoms with Crippen molar-refractivity contribution in [2.24, 2.45) is 0 Å². The molecule has 0 spiro atoms. The van der Waals surface area contributed by atoms with Crippen molar-refractivity contribution in [1.82, 2.24) is 5.32 Å². The van der Waals surface area contributed by atoms with Gasteiger partial charge in [-0.1, -0.05) is 0 Å². The zero-order chi connectivity index (χ0) is 8.69. The van der Waals surface area contributed by atoms with Crippen LogP contribution < -0.4 is 5.32 Å². The molecule has 0 aliphatic rings. The van der Waals surface area contributed by atoms with E-state index in [1.807, 2.05) is 0 Å². The summed E-state index contributed by atoms with van der Waals surface area (Å²) in [5, 5.41) is 11.1. The van der Waals surface area contributed by atoms with Crippen molar-refractivity contribution in [3.05, 3.63) is 0 Å². The van der Waals surface area contributed by atoms with Gasteiger partial charge in [0, 0.05) is 0 Å². The number of aliphatic hydroxyl groups excluding tert-OH is 1. The summed E-state index contributed by atoms with van der Waals surface area (Å²) in [6, 6.07) is -0.801. The fraction of sp³-hybridized carbons (Fsp3) is 0.800. The van der Waals surface area contributed by atoms with E-state index in [0.29, 0.717) is 7.15 Å². The Labute approximate surface area is 65.0 Å². The molecule has 0 amide bonds. The molecular formula is C5H10BNO4.